The molecule has 0 aliphatic heterocycles. The molecule has 0 saturated heterocycles. The zero-order chi connectivity index (χ0) is 22.8. The molecule has 13 heteroatoms. The maximum Gasteiger partial charge on any atom is 0.418 e. The lowest BCUT2D eigenvalue weighted by atomic mass is 10.1. The summed E-state index contributed by atoms with van der Waals surface area (Å²) >= 11 is 6.40. The van der Waals surface area contributed by atoms with Crippen LogP contribution in [0.2, 0.25) is 0 Å². The van der Waals surface area contributed by atoms with Crippen LogP contribution in [0.5, 0.6) is 0 Å². The van der Waals surface area contributed by atoms with Gasteiger partial charge < -0.3 is 4.90 Å². The van der Waals surface area contributed by atoms with Crippen molar-refractivity contribution < 1.29 is 23.0 Å². The Morgan fingerprint density at radius 1 is 1.07 bits per heavy atom. The standard InChI is InChI=1S/C17H11Br2F3N4O4/c1-2-3-24(16-12(18)4-9(8-23)5-13(16)19)15-11(17(20,21)22)6-10(25(27)28)7-14(15)26(29)30/h4-7H,2-3H2,1H3. The van der Waals surface area contributed by atoms with E-state index in [1.807, 2.05) is 6.07 Å². The van der Waals surface area contributed by atoms with Crippen LogP contribution in [0.25, 0.3) is 0 Å². The molecule has 0 amide bonds. The van der Waals surface area contributed by atoms with Crippen LogP contribution in [0.1, 0.15) is 24.5 Å². The van der Waals surface area contributed by atoms with Crippen LogP contribution in [0.3, 0.4) is 0 Å². The maximum absolute atomic E-state index is 13.8. The molecule has 2 aromatic rings. The minimum absolute atomic E-state index is 0.0785. The molecule has 0 atom stereocenters. The van der Waals surface area contributed by atoms with Crippen LogP contribution in [0.15, 0.2) is 33.2 Å². The van der Waals surface area contributed by atoms with Crippen molar-refractivity contribution in [2.75, 3.05) is 11.4 Å². The van der Waals surface area contributed by atoms with Gasteiger partial charge in [-0.15, -0.1) is 0 Å². The molecule has 0 radical (unpaired) electrons. The summed E-state index contributed by atoms with van der Waals surface area (Å²) < 4.78 is 41.9. The first-order valence-corrected chi connectivity index (χ1v) is 9.71. The van der Waals surface area contributed by atoms with Gasteiger partial charge in [-0.25, -0.2) is 0 Å². The van der Waals surface area contributed by atoms with Gasteiger partial charge in [0.1, 0.15) is 5.69 Å². The molecule has 2 aromatic carbocycles. The van der Waals surface area contributed by atoms with Gasteiger partial charge in [0.15, 0.2) is 0 Å². The molecule has 8 nitrogen and oxygen atoms in total. The van der Waals surface area contributed by atoms with Gasteiger partial charge in [-0.2, -0.15) is 18.4 Å². The van der Waals surface area contributed by atoms with Gasteiger partial charge >= 0.3 is 6.18 Å². The Kier molecular flexibility index (Phi) is 7.04. The number of hydrogen-bond donors (Lipinski definition) is 0. The van der Waals surface area contributed by atoms with E-state index >= 15 is 0 Å². The number of nitro benzene ring substituents is 2. The van der Waals surface area contributed by atoms with Gasteiger partial charge in [0.25, 0.3) is 11.4 Å². The van der Waals surface area contributed by atoms with E-state index in [0.29, 0.717) is 12.5 Å². The second-order valence-corrected chi connectivity index (χ2v) is 7.63. The number of non-ortho nitro benzene ring substituents is 1. The van der Waals surface area contributed by atoms with E-state index in [-0.39, 0.29) is 32.8 Å². The fourth-order valence-corrected chi connectivity index (χ4v) is 4.41. The number of nitrogens with zero attached hydrogens (tertiary/aromatic N) is 4. The zero-order valence-electron chi connectivity index (χ0n) is 15.0. The number of alkyl halides is 3. The Hall–Kier alpha value is -2.72. The summed E-state index contributed by atoms with van der Waals surface area (Å²) in [5, 5.41) is 31.8. The zero-order valence-corrected chi connectivity index (χ0v) is 18.2. The van der Waals surface area contributed by atoms with Crippen molar-refractivity contribution in [2.45, 2.75) is 19.5 Å². The third-order valence-corrected chi connectivity index (χ3v) is 5.13. The van der Waals surface area contributed by atoms with Crippen molar-refractivity contribution in [3.63, 3.8) is 0 Å². The van der Waals surface area contributed by atoms with Gasteiger partial charge in [-0.05, 0) is 50.4 Å². The monoisotopic (exact) mass is 550 g/mol. The molecule has 0 saturated carbocycles. The Balaban J connectivity index is 2.98. The summed E-state index contributed by atoms with van der Waals surface area (Å²) in [6.45, 7) is 1.58. The highest BCUT2D eigenvalue weighted by molar-refractivity contribution is 9.11. The fraction of sp³-hybridized carbons (Fsp3) is 0.235. The van der Waals surface area contributed by atoms with Gasteiger partial charge in [0, 0.05) is 21.6 Å². The molecule has 0 N–H and O–H groups in total. The van der Waals surface area contributed by atoms with Gasteiger partial charge in [0.05, 0.1) is 38.8 Å². The molecule has 30 heavy (non-hydrogen) atoms. The number of rotatable bonds is 6. The van der Waals surface area contributed by atoms with Crippen molar-refractivity contribution in [1.29, 1.82) is 5.26 Å². The highest BCUT2D eigenvalue weighted by Crippen LogP contribution is 2.49. The smallest absolute Gasteiger partial charge is 0.334 e. The van der Waals surface area contributed by atoms with Gasteiger partial charge in [-0.1, -0.05) is 6.92 Å². The lowest BCUT2D eigenvalue weighted by molar-refractivity contribution is -0.394. The first-order chi connectivity index (χ1) is 13.9. The summed E-state index contributed by atoms with van der Waals surface area (Å²) in [7, 11) is 0. The molecule has 0 fully saturated rings. The molecular weight excluding hydrogens is 541 g/mol. The van der Waals surface area contributed by atoms with E-state index < -0.39 is 38.6 Å². The van der Waals surface area contributed by atoms with E-state index in [4.69, 9.17) is 5.26 Å². The molecule has 158 valence electrons. The number of benzene rings is 2. The Morgan fingerprint density at radius 2 is 1.63 bits per heavy atom. The minimum Gasteiger partial charge on any atom is -0.334 e. The average molecular weight is 552 g/mol. The van der Waals surface area contributed by atoms with E-state index in [1.165, 1.54) is 12.1 Å². The predicted molar refractivity (Wildman–Crippen MR) is 109 cm³/mol. The Morgan fingerprint density at radius 3 is 2.03 bits per heavy atom. The molecule has 0 unspecified atom stereocenters. The molecule has 0 bridgehead atoms. The predicted octanol–water partition coefficient (Wildman–Crippen LogP) is 6.47. The molecule has 0 aliphatic carbocycles. The van der Waals surface area contributed by atoms with Crippen LogP contribution in [0, 0.1) is 31.6 Å². The first kappa shape index (κ1) is 23.6. The van der Waals surface area contributed by atoms with Crippen molar-refractivity contribution >= 4 is 54.6 Å². The van der Waals surface area contributed by atoms with Crippen LogP contribution in [-0.4, -0.2) is 16.4 Å². The number of halogens is 5. The maximum atomic E-state index is 13.8. The molecule has 0 spiro atoms. The van der Waals surface area contributed by atoms with E-state index in [1.54, 1.807) is 6.92 Å². The lowest BCUT2D eigenvalue weighted by Crippen LogP contribution is -2.24. The summed E-state index contributed by atoms with van der Waals surface area (Å²) in [6, 6.07) is 5.37. The van der Waals surface area contributed by atoms with Crippen molar-refractivity contribution in [3.8, 4) is 6.07 Å². The van der Waals surface area contributed by atoms with E-state index in [2.05, 4.69) is 31.9 Å². The lowest BCUT2D eigenvalue weighted by Gasteiger charge is -2.29. The normalized spacial score (nSPS) is 11.1. The van der Waals surface area contributed by atoms with Crippen molar-refractivity contribution in [3.05, 3.63) is 64.6 Å². The van der Waals surface area contributed by atoms with Crippen LogP contribution >= 0.6 is 31.9 Å². The summed E-state index contributed by atoms with van der Waals surface area (Å²) in [5.74, 6) is 0. The quantitative estimate of drug-likeness (QED) is 0.300. The van der Waals surface area contributed by atoms with E-state index in [9.17, 15) is 33.4 Å². The van der Waals surface area contributed by atoms with Crippen LogP contribution in [0.4, 0.5) is 35.9 Å². The molecule has 0 aliphatic rings. The second kappa shape index (κ2) is 8.97. The van der Waals surface area contributed by atoms with Gasteiger partial charge in [0.2, 0.25) is 0 Å². The highest BCUT2D eigenvalue weighted by atomic mass is 79.9. The third kappa shape index (κ3) is 4.71. The number of nitro groups is 2. The van der Waals surface area contributed by atoms with Crippen LogP contribution in [-0.2, 0) is 6.18 Å². The molecule has 0 heterocycles. The Labute approximate surface area is 184 Å². The first-order valence-electron chi connectivity index (χ1n) is 8.13. The van der Waals surface area contributed by atoms with Crippen molar-refractivity contribution in [1.82, 2.24) is 0 Å². The Bertz CT molecular complexity index is 1050. The van der Waals surface area contributed by atoms with Gasteiger partial charge in [-0.3, -0.25) is 20.2 Å². The SMILES string of the molecule is CCCN(c1c(Br)cc(C#N)cc1Br)c1c([N+](=O)[O-])cc([N+](=O)[O-])cc1C(F)(F)F. The third-order valence-electron chi connectivity index (χ3n) is 3.92. The summed E-state index contributed by atoms with van der Waals surface area (Å²) in [5.41, 5.74) is -4.15. The van der Waals surface area contributed by atoms with Crippen LogP contribution < -0.4 is 4.90 Å². The molecule has 2 rings (SSSR count). The minimum atomic E-state index is -5.11. The second-order valence-electron chi connectivity index (χ2n) is 5.92. The molecular formula is C17H11Br2F3N4O4. The van der Waals surface area contributed by atoms with Crippen molar-refractivity contribution in [2.24, 2.45) is 0 Å². The largest absolute Gasteiger partial charge is 0.418 e. The number of hydrogen-bond acceptors (Lipinski definition) is 6. The van der Waals surface area contributed by atoms with E-state index in [0.717, 1.165) is 4.90 Å². The topological polar surface area (TPSA) is 113 Å². The number of nitriles is 1. The fourth-order valence-electron chi connectivity index (χ4n) is 2.80. The number of anilines is 2. The summed E-state index contributed by atoms with van der Waals surface area (Å²) in [6.07, 6.45) is -4.81. The molecule has 0 aromatic heterocycles. The summed E-state index contributed by atoms with van der Waals surface area (Å²) in [4.78, 5) is 21.5. The highest BCUT2D eigenvalue weighted by Gasteiger charge is 2.42. The average Bonchev–Trinajstić information content (AvgIpc) is 2.64.